The van der Waals surface area contributed by atoms with Gasteiger partial charge in [0.2, 0.25) is 0 Å². The fourth-order valence-corrected chi connectivity index (χ4v) is 4.22. The molecule has 1 aromatic heterocycles. The summed E-state index contributed by atoms with van der Waals surface area (Å²) in [6.07, 6.45) is 3.03. The van der Waals surface area contributed by atoms with Crippen LogP contribution in [-0.2, 0) is 12.8 Å². The SMILES string of the molecule is CC1(C)CCc2c(C(=O)O)sc(I)c2C1. The second-order valence-electron chi connectivity index (χ2n) is 4.81. The maximum absolute atomic E-state index is 11.1. The number of halogens is 1. The van der Waals surface area contributed by atoms with Gasteiger partial charge in [0.1, 0.15) is 4.88 Å². The zero-order valence-corrected chi connectivity index (χ0v) is 11.7. The van der Waals surface area contributed by atoms with Crippen LogP contribution in [0.2, 0.25) is 0 Å². The number of fused-ring (bicyclic) bond motifs is 1. The van der Waals surface area contributed by atoms with Crippen LogP contribution in [0.15, 0.2) is 0 Å². The van der Waals surface area contributed by atoms with Gasteiger partial charge < -0.3 is 5.11 Å². The van der Waals surface area contributed by atoms with Crippen molar-refractivity contribution in [1.29, 1.82) is 0 Å². The van der Waals surface area contributed by atoms with E-state index in [4.69, 9.17) is 5.11 Å². The Labute approximate surface area is 107 Å². The molecule has 1 aliphatic rings. The van der Waals surface area contributed by atoms with E-state index in [0.29, 0.717) is 10.3 Å². The summed E-state index contributed by atoms with van der Waals surface area (Å²) in [5.41, 5.74) is 2.70. The minimum atomic E-state index is -0.765. The topological polar surface area (TPSA) is 37.3 Å². The molecule has 0 unspecified atom stereocenters. The Hall–Kier alpha value is -0.100. The summed E-state index contributed by atoms with van der Waals surface area (Å²) in [6, 6.07) is 0. The third-order valence-corrected chi connectivity index (χ3v) is 5.33. The summed E-state index contributed by atoms with van der Waals surface area (Å²) >= 11 is 3.70. The van der Waals surface area contributed by atoms with Gasteiger partial charge in [-0.15, -0.1) is 11.3 Å². The van der Waals surface area contributed by atoms with Crippen LogP contribution < -0.4 is 0 Å². The minimum absolute atomic E-state index is 0.323. The smallest absolute Gasteiger partial charge is 0.346 e. The van der Waals surface area contributed by atoms with E-state index in [-0.39, 0.29) is 0 Å². The highest BCUT2D eigenvalue weighted by Crippen LogP contribution is 2.41. The molecule has 4 heteroatoms. The molecule has 1 N–H and O–H groups in total. The normalized spacial score (nSPS) is 18.6. The summed E-state index contributed by atoms with van der Waals surface area (Å²) in [6.45, 7) is 4.51. The van der Waals surface area contributed by atoms with Crippen LogP contribution in [-0.4, -0.2) is 11.1 Å². The molecular formula is C11H13IO2S. The van der Waals surface area contributed by atoms with Crippen molar-refractivity contribution in [3.63, 3.8) is 0 Å². The molecule has 0 bridgehead atoms. The van der Waals surface area contributed by atoms with Crippen molar-refractivity contribution in [1.82, 2.24) is 0 Å². The Morgan fingerprint density at radius 3 is 2.73 bits per heavy atom. The van der Waals surface area contributed by atoms with E-state index < -0.39 is 5.97 Å². The molecule has 0 fully saturated rings. The Balaban J connectivity index is 2.49. The fourth-order valence-electron chi connectivity index (χ4n) is 2.11. The molecule has 1 aliphatic carbocycles. The van der Waals surface area contributed by atoms with Crippen molar-refractivity contribution < 1.29 is 9.90 Å². The molecule has 0 saturated carbocycles. The van der Waals surface area contributed by atoms with Gasteiger partial charge in [-0.05, 0) is 58.4 Å². The number of hydrogen-bond acceptors (Lipinski definition) is 2. The molecule has 0 aromatic carbocycles. The lowest BCUT2D eigenvalue weighted by atomic mass is 9.75. The molecule has 1 heterocycles. The number of hydrogen-bond donors (Lipinski definition) is 1. The molecule has 2 rings (SSSR count). The summed E-state index contributed by atoms with van der Waals surface area (Å²) in [7, 11) is 0. The summed E-state index contributed by atoms with van der Waals surface area (Å²) in [5.74, 6) is -0.765. The number of carboxylic acid groups (broad SMARTS) is 1. The average Bonchev–Trinajstić information content (AvgIpc) is 2.42. The number of thiophene rings is 1. The van der Waals surface area contributed by atoms with Gasteiger partial charge in [0, 0.05) is 0 Å². The van der Waals surface area contributed by atoms with Gasteiger partial charge in [0.15, 0.2) is 0 Å². The van der Waals surface area contributed by atoms with Crippen molar-refractivity contribution in [3.05, 3.63) is 18.9 Å². The molecule has 0 atom stereocenters. The molecule has 0 saturated heterocycles. The van der Waals surface area contributed by atoms with Crippen LogP contribution in [0, 0.1) is 8.30 Å². The highest BCUT2D eigenvalue weighted by Gasteiger charge is 2.31. The van der Waals surface area contributed by atoms with Crippen LogP contribution in [0.4, 0.5) is 0 Å². The predicted molar refractivity (Wildman–Crippen MR) is 69.8 cm³/mol. The molecule has 0 spiro atoms. The number of carbonyl (C=O) groups is 1. The predicted octanol–water partition coefficient (Wildman–Crippen LogP) is 3.57. The number of aromatic carboxylic acids is 1. The maximum atomic E-state index is 11.1. The zero-order chi connectivity index (χ0) is 11.2. The first-order chi connectivity index (χ1) is 6.91. The van der Waals surface area contributed by atoms with E-state index in [1.807, 2.05) is 0 Å². The summed E-state index contributed by atoms with van der Waals surface area (Å²) < 4.78 is 1.16. The lowest BCUT2D eigenvalue weighted by Crippen LogP contribution is -2.22. The Morgan fingerprint density at radius 1 is 1.47 bits per heavy atom. The fraction of sp³-hybridized carbons (Fsp3) is 0.545. The van der Waals surface area contributed by atoms with Gasteiger partial charge in [-0.3, -0.25) is 0 Å². The quantitative estimate of drug-likeness (QED) is 0.796. The minimum Gasteiger partial charge on any atom is -0.477 e. The highest BCUT2D eigenvalue weighted by molar-refractivity contribution is 14.1. The van der Waals surface area contributed by atoms with Gasteiger partial charge in [-0.2, -0.15) is 0 Å². The van der Waals surface area contributed by atoms with Gasteiger partial charge in [0.05, 0.1) is 2.88 Å². The number of carboxylic acids is 1. The standard InChI is InChI=1S/C11H13IO2S/c1-11(2)4-3-6-7(5-11)9(12)15-8(6)10(13)14/h3-5H2,1-2H3,(H,13,14). The molecule has 15 heavy (non-hydrogen) atoms. The monoisotopic (exact) mass is 336 g/mol. The second-order valence-corrected chi connectivity index (χ2v) is 7.64. The van der Waals surface area contributed by atoms with Crippen molar-refractivity contribution in [3.8, 4) is 0 Å². The van der Waals surface area contributed by atoms with Crippen LogP contribution in [0.5, 0.6) is 0 Å². The van der Waals surface area contributed by atoms with Crippen LogP contribution >= 0.6 is 33.9 Å². The molecule has 1 aromatic rings. The Morgan fingerprint density at radius 2 is 2.13 bits per heavy atom. The summed E-state index contributed by atoms with van der Waals surface area (Å²) in [5, 5.41) is 9.09. The molecule has 82 valence electrons. The average molecular weight is 336 g/mol. The highest BCUT2D eigenvalue weighted by atomic mass is 127. The van der Waals surface area contributed by atoms with Crippen LogP contribution in [0.1, 0.15) is 41.1 Å². The van der Waals surface area contributed by atoms with E-state index in [2.05, 4.69) is 36.4 Å². The first kappa shape index (κ1) is 11.4. The molecule has 0 aliphatic heterocycles. The third kappa shape index (κ3) is 2.06. The van der Waals surface area contributed by atoms with Crippen molar-refractivity contribution in [2.75, 3.05) is 0 Å². The van der Waals surface area contributed by atoms with Crippen LogP contribution in [0.3, 0.4) is 0 Å². The molecule has 0 amide bonds. The van der Waals surface area contributed by atoms with Gasteiger partial charge in [0.25, 0.3) is 0 Å². The molecule has 0 radical (unpaired) electrons. The number of rotatable bonds is 1. The Bertz CT molecular complexity index is 420. The Kier molecular flexibility index (Phi) is 2.83. The second kappa shape index (κ2) is 3.73. The van der Waals surface area contributed by atoms with Crippen molar-refractivity contribution >= 4 is 39.9 Å². The van der Waals surface area contributed by atoms with E-state index in [0.717, 1.165) is 27.7 Å². The molecule has 2 nitrogen and oxygen atoms in total. The zero-order valence-electron chi connectivity index (χ0n) is 8.76. The van der Waals surface area contributed by atoms with Crippen LogP contribution in [0.25, 0.3) is 0 Å². The van der Waals surface area contributed by atoms with Gasteiger partial charge in [-0.25, -0.2) is 4.79 Å². The lowest BCUT2D eigenvalue weighted by molar-refractivity contribution is 0.0700. The van der Waals surface area contributed by atoms with Gasteiger partial charge in [-0.1, -0.05) is 13.8 Å². The van der Waals surface area contributed by atoms with E-state index >= 15 is 0 Å². The first-order valence-electron chi connectivity index (χ1n) is 4.94. The largest absolute Gasteiger partial charge is 0.477 e. The van der Waals surface area contributed by atoms with Crippen molar-refractivity contribution in [2.45, 2.75) is 33.1 Å². The van der Waals surface area contributed by atoms with E-state index in [1.165, 1.54) is 16.9 Å². The lowest BCUT2D eigenvalue weighted by Gasteiger charge is -2.30. The summed E-state index contributed by atoms with van der Waals surface area (Å²) in [4.78, 5) is 11.6. The van der Waals surface area contributed by atoms with E-state index in [9.17, 15) is 4.79 Å². The van der Waals surface area contributed by atoms with Gasteiger partial charge >= 0.3 is 5.97 Å². The van der Waals surface area contributed by atoms with E-state index in [1.54, 1.807) is 0 Å². The maximum Gasteiger partial charge on any atom is 0.346 e. The third-order valence-electron chi connectivity index (χ3n) is 2.97. The van der Waals surface area contributed by atoms with Crippen molar-refractivity contribution in [2.24, 2.45) is 5.41 Å². The molecular weight excluding hydrogens is 323 g/mol. The first-order valence-corrected chi connectivity index (χ1v) is 6.83.